The van der Waals surface area contributed by atoms with Gasteiger partial charge in [-0.3, -0.25) is 0 Å². The second kappa shape index (κ2) is 7.70. The lowest BCUT2D eigenvalue weighted by Gasteiger charge is -2.37. The molecule has 7 heteroatoms. The average Bonchev–Trinajstić information content (AvgIpc) is 2.38. The Morgan fingerprint density at radius 3 is 2.55 bits per heavy atom. The fourth-order valence-corrected chi connectivity index (χ4v) is 4.76. The van der Waals surface area contributed by atoms with Gasteiger partial charge in [0.2, 0.25) is 0 Å². The lowest BCUT2D eigenvalue weighted by Crippen LogP contribution is -2.52. The number of rotatable bonds is 7. The van der Waals surface area contributed by atoms with E-state index in [0.29, 0.717) is 26.2 Å². The summed E-state index contributed by atoms with van der Waals surface area (Å²) < 4.78 is 28.6. The number of aliphatic hydroxyl groups excluding tert-OH is 1. The lowest BCUT2D eigenvalue weighted by molar-refractivity contribution is 0.157. The molecule has 0 radical (unpaired) electrons. The molecule has 0 spiro atoms. The first-order valence-corrected chi connectivity index (χ1v) is 8.75. The molecule has 0 saturated carbocycles. The molecule has 0 bridgehead atoms. The van der Waals surface area contributed by atoms with Gasteiger partial charge in [-0.1, -0.05) is 6.92 Å². The Balaban J connectivity index is 2.83. The average molecular weight is 307 g/mol. The van der Waals surface area contributed by atoms with Crippen LogP contribution in [0.1, 0.15) is 26.7 Å². The molecule has 0 aromatic rings. The summed E-state index contributed by atoms with van der Waals surface area (Å²) in [5.74, 6) is 0.0707. The quantitative estimate of drug-likeness (QED) is 0.730. The number of aliphatic hydroxyl groups is 1. The van der Waals surface area contributed by atoms with Crippen LogP contribution in [-0.4, -0.2) is 80.0 Å². The van der Waals surface area contributed by atoms with Gasteiger partial charge in [-0.2, -0.15) is 17.0 Å². The molecule has 1 aliphatic heterocycles. The molecule has 1 heterocycles. The molecule has 2 atom stereocenters. The third-order valence-electron chi connectivity index (χ3n) is 3.80. The third-order valence-corrected chi connectivity index (χ3v) is 5.99. The SMILES string of the molecule is CCN(C(C)CN(C)C)S(=O)(=O)N1CCCC(CO)C1. The van der Waals surface area contributed by atoms with Gasteiger partial charge in [-0.25, -0.2) is 0 Å². The van der Waals surface area contributed by atoms with E-state index in [2.05, 4.69) is 0 Å². The van der Waals surface area contributed by atoms with Crippen LogP contribution in [-0.2, 0) is 10.2 Å². The Hall–Kier alpha value is -0.210. The molecular formula is C13H29N3O3S. The standard InChI is InChI=1S/C13H29N3O3S/c1-5-16(12(2)9-14(3)4)20(18,19)15-8-6-7-13(10-15)11-17/h12-13,17H,5-11H2,1-4H3. The highest BCUT2D eigenvalue weighted by Gasteiger charge is 2.35. The van der Waals surface area contributed by atoms with Crippen LogP contribution >= 0.6 is 0 Å². The first-order valence-electron chi connectivity index (χ1n) is 7.35. The summed E-state index contributed by atoms with van der Waals surface area (Å²) >= 11 is 0. The Bertz CT molecular complexity index is 386. The Morgan fingerprint density at radius 1 is 1.40 bits per heavy atom. The van der Waals surface area contributed by atoms with Crippen LogP contribution in [0.5, 0.6) is 0 Å². The largest absolute Gasteiger partial charge is 0.396 e. The molecule has 120 valence electrons. The van der Waals surface area contributed by atoms with Crippen LogP contribution in [0.3, 0.4) is 0 Å². The maximum Gasteiger partial charge on any atom is 0.282 e. The van der Waals surface area contributed by atoms with Crippen LogP contribution in [0.2, 0.25) is 0 Å². The van der Waals surface area contributed by atoms with Gasteiger partial charge in [0, 0.05) is 38.8 Å². The predicted octanol–water partition coefficient (Wildman–Crippen LogP) is 0.208. The molecule has 0 aromatic carbocycles. The lowest BCUT2D eigenvalue weighted by atomic mass is 10.0. The van der Waals surface area contributed by atoms with Crippen LogP contribution < -0.4 is 0 Å². The van der Waals surface area contributed by atoms with Crippen molar-refractivity contribution in [1.82, 2.24) is 13.5 Å². The van der Waals surface area contributed by atoms with Gasteiger partial charge in [-0.05, 0) is 39.8 Å². The van der Waals surface area contributed by atoms with Gasteiger partial charge >= 0.3 is 0 Å². The minimum Gasteiger partial charge on any atom is -0.396 e. The van der Waals surface area contributed by atoms with E-state index in [0.717, 1.165) is 12.8 Å². The molecule has 6 nitrogen and oxygen atoms in total. The van der Waals surface area contributed by atoms with Crippen molar-refractivity contribution in [2.45, 2.75) is 32.7 Å². The van der Waals surface area contributed by atoms with Crippen molar-refractivity contribution in [3.63, 3.8) is 0 Å². The zero-order valence-corrected chi connectivity index (χ0v) is 13.9. The number of nitrogens with zero attached hydrogens (tertiary/aromatic N) is 3. The summed E-state index contributed by atoms with van der Waals surface area (Å²) in [7, 11) is 0.455. The van der Waals surface area contributed by atoms with E-state index in [1.807, 2.05) is 32.8 Å². The minimum atomic E-state index is -3.43. The molecule has 1 aliphatic rings. The maximum absolute atomic E-state index is 12.8. The predicted molar refractivity (Wildman–Crippen MR) is 80.7 cm³/mol. The number of piperidine rings is 1. The fraction of sp³-hybridized carbons (Fsp3) is 1.00. The van der Waals surface area contributed by atoms with Crippen LogP contribution in [0.25, 0.3) is 0 Å². The van der Waals surface area contributed by atoms with Gasteiger partial charge < -0.3 is 10.0 Å². The molecule has 0 amide bonds. The van der Waals surface area contributed by atoms with Gasteiger partial charge in [0.25, 0.3) is 10.2 Å². The van der Waals surface area contributed by atoms with Gasteiger partial charge in [0.05, 0.1) is 0 Å². The van der Waals surface area contributed by atoms with Crippen molar-refractivity contribution in [3.05, 3.63) is 0 Å². The normalized spacial score (nSPS) is 23.4. The molecule has 2 unspecified atom stereocenters. The van der Waals surface area contributed by atoms with E-state index in [1.54, 1.807) is 4.31 Å². The number of hydrogen-bond donors (Lipinski definition) is 1. The molecule has 1 fully saturated rings. The van der Waals surface area contributed by atoms with Crippen molar-refractivity contribution in [3.8, 4) is 0 Å². The maximum atomic E-state index is 12.8. The summed E-state index contributed by atoms with van der Waals surface area (Å²) in [6.45, 7) is 6.03. The summed E-state index contributed by atoms with van der Waals surface area (Å²) in [5.41, 5.74) is 0. The number of hydrogen-bond acceptors (Lipinski definition) is 4. The monoisotopic (exact) mass is 307 g/mol. The van der Waals surface area contributed by atoms with Crippen LogP contribution in [0, 0.1) is 5.92 Å². The first kappa shape index (κ1) is 17.8. The molecule has 20 heavy (non-hydrogen) atoms. The van der Waals surface area contributed by atoms with Gasteiger partial charge in [0.1, 0.15) is 0 Å². The highest BCUT2D eigenvalue weighted by molar-refractivity contribution is 7.86. The van der Waals surface area contributed by atoms with E-state index in [-0.39, 0.29) is 18.6 Å². The van der Waals surface area contributed by atoms with E-state index < -0.39 is 10.2 Å². The van der Waals surface area contributed by atoms with Gasteiger partial charge in [-0.15, -0.1) is 0 Å². The van der Waals surface area contributed by atoms with E-state index in [4.69, 9.17) is 0 Å². The van der Waals surface area contributed by atoms with Gasteiger partial charge in [0.15, 0.2) is 0 Å². The Labute approximate surface area is 123 Å². The summed E-state index contributed by atoms with van der Waals surface area (Å²) in [6.07, 6.45) is 1.73. The van der Waals surface area contributed by atoms with Crippen molar-refractivity contribution in [2.24, 2.45) is 5.92 Å². The zero-order valence-electron chi connectivity index (χ0n) is 13.1. The topological polar surface area (TPSA) is 64.1 Å². The van der Waals surface area contributed by atoms with Crippen molar-refractivity contribution < 1.29 is 13.5 Å². The third kappa shape index (κ3) is 4.39. The smallest absolute Gasteiger partial charge is 0.282 e. The van der Waals surface area contributed by atoms with E-state index >= 15 is 0 Å². The van der Waals surface area contributed by atoms with Crippen molar-refractivity contribution in [1.29, 1.82) is 0 Å². The number of likely N-dealkylation sites (N-methyl/N-ethyl adjacent to an activating group) is 2. The molecule has 1 saturated heterocycles. The van der Waals surface area contributed by atoms with Crippen LogP contribution in [0.15, 0.2) is 0 Å². The fourth-order valence-electron chi connectivity index (χ4n) is 2.86. The molecule has 0 aliphatic carbocycles. The second-order valence-electron chi connectivity index (χ2n) is 5.87. The Kier molecular flexibility index (Phi) is 6.87. The molecular weight excluding hydrogens is 278 g/mol. The zero-order chi connectivity index (χ0) is 15.3. The highest BCUT2D eigenvalue weighted by Crippen LogP contribution is 2.22. The van der Waals surface area contributed by atoms with Crippen molar-refractivity contribution in [2.75, 3.05) is 46.9 Å². The minimum absolute atomic E-state index is 0.0606. The highest BCUT2D eigenvalue weighted by atomic mass is 32.2. The first-order chi connectivity index (χ1) is 9.32. The summed E-state index contributed by atoms with van der Waals surface area (Å²) in [4.78, 5) is 2.00. The Morgan fingerprint density at radius 2 is 2.05 bits per heavy atom. The second-order valence-corrected chi connectivity index (χ2v) is 7.75. The molecule has 1 N–H and O–H groups in total. The molecule has 1 rings (SSSR count). The van der Waals surface area contributed by atoms with Crippen LogP contribution in [0.4, 0.5) is 0 Å². The van der Waals surface area contributed by atoms with E-state index in [1.165, 1.54) is 4.31 Å². The summed E-state index contributed by atoms with van der Waals surface area (Å²) in [6, 6.07) is -0.0606. The summed E-state index contributed by atoms with van der Waals surface area (Å²) in [5, 5.41) is 9.26. The van der Waals surface area contributed by atoms with E-state index in [9.17, 15) is 13.5 Å². The molecule has 0 aromatic heterocycles. The van der Waals surface area contributed by atoms with Crippen molar-refractivity contribution >= 4 is 10.2 Å².